The Bertz CT molecular complexity index is 189. The first-order valence-corrected chi connectivity index (χ1v) is 3.88. The lowest BCUT2D eigenvalue weighted by Gasteiger charge is -2.32. The predicted molar refractivity (Wildman–Crippen MR) is 40.6 cm³/mol. The summed E-state index contributed by atoms with van der Waals surface area (Å²) in [6.07, 6.45) is 2.12. The molecule has 0 aromatic rings. The third-order valence-corrected chi connectivity index (χ3v) is 1.98. The molecule has 1 N–H and O–H groups in total. The molecule has 3 heteroatoms. The van der Waals surface area contributed by atoms with E-state index in [1.54, 1.807) is 0 Å². The maximum Gasteiger partial charge on any atom is 0.234 e. The monoisotopic (exact) mass is 152 g/mol. The van der Waals surface area contributed by atoms with Crippen LogP contribution in [0, 0.1) is 17.2 Å². The van der Waals surface area contributed by atoms with Crippen molar-refractivity contribution in [3.63, 3.8) is 0 Å². The van der Waals surface area contributed by atoms with Crippen LogP contribution in [0.25, 0.3) is 0 Å². The largest absolute Gasteiger partial charge is 0.352 e. The van der Waals surface area contributed by atoms with Gasteiger partial charge in [-0.3, -0.25) is 4.79 Å². The van der Waals surface area contributed by atoms with Crippen molar-refractivity contribution in [2.45, 2.75) is 32.2 Å². The summed E-state index contributed by atoms with van der Waals surface area (Å²) in [5.74, 6) is 0.604. The Kier molecular flexibility index (Phi) is 2.48. The summed E-state index contributed by atoms with van der Waals surface area (Å²) < 4.78 is 0. The van der Waals surface area contributed by atoms with Crippen molar-refractivity contribution in [1.29, 1.82) is 5.26 Å². The highest BCUT2D eigenvalue weighted by Gasteiger charge is 2.26. The van der Waals surface area contributed by atoms with Gasteiger partial charge in [-0.25, -0.2) is 0 Å². The fourth-order valence-corrected chi connectivity index (χ4v) is 1.37. The van der Waals surface area contributed by atoms with Gasteiger partial charge in [0.1, 0.15) is 6.42 Å². The van der Waals surface area contributed by atoms with Gasteiger partial charge in [0.15, 0.2) is 0 Å². The van der Waals surface area contributed by atoms with Crippen LogP contribution in [0.3, 0.4) is 0 Å². The average Bonchev–Trinajstić information content (AvgIpc) is 1.85. The minimum absolute atomic E-state index is 0.00905. The molecular weight excluding hydrogens is 140 g/mol. The van der Waals surface area contributed by atoms with Gasteiger partial charge in [-0.15, -0.1) is 0 Å². The van der Waals surface area contributed by atoms with Gasteiger partial charge in [0.05, 0.1) is 6.07 Å². The fourth-order valence-electron chi connectivity index (χ4n) is 1.37. The molecule has 1 rings (SSSR count). The molecule has 0 aromatic carbocycles. The van der Waals surface area contributed by atoms with Crippen LogP contribution >= 0.6 is 0 Å². The highest BCUT2D eigenvalue weighted by Crippen LogP contribution is 2.26. The van der Waals surface area contributed by atoms with E-state index in [9.17, 15) is 4.79 Å². The number of nitrogens with zero attached hydrogens (tertiary/aromatic N) is 1. The van der Waals surface area contributed by atoms with Crippen molar-refractivity contribution in [2.75, 3.05) is 0 Å². The van der Waals surface area contributed by atoms with E-state index in [-0.39, 0.29) is 12.3 Å². The molecule has 0 radical (unpaired) electrons. The first kappa shape index (κ1) is 8.06. The Morgan fingerprint density at radius 3 is 2.82 bits per heavy atom. The lowest BCUT2D eigenvalue weighted by Crippen LogP contribution is -2.43. The zero-order chi connectivity index (χ0) is 8.27. The molecule has 0 heterocycles. The number of carbonyl (C=O) groups excluding carboxylic acids is 1. The normalized spacial score (nSPS) is 28.4. The molecule has 0 aliphatic heterocycles. The van der Waals surface area contributed by atoms with Crippen molar-refractivity contribution in [3.8, 4) is 6.07 Å². The molecule has 0 bridgehead atoms. The van der Waals surface area contributed by atoms with Gasteiger partial charge < -0.3 is 5.32 Å². The molecule has 3 nitrogen and oxygen atoms in total. The van der Waals surface area contributed by atoms with Crippen molar-refractivity contribution in [3.05, 3.63) is 0 Å². The second kappa shape index (κ2) is 3.38. The number of rotatable bonds is 2. The van der Waals surface area contributed by atoms with Gasteiger partial charge in [-0.1, -0.05) is 6.92 Å². The van der Waals surface area contributed by atoms with Crippen LogP contribution in [0.4, 0.5) is 0 Å². The molecule has 0 aromatic heterocycles. The Morgan fingerprint density at radius 2 is 2.36 bits per heavy atom. The third kappa shape index (κ3) is 2.23. The standard InChI is InChI=1S/C8H12N2O/c1-6-4-7(5-6)10-8(11)2-3-9/h6-7H,2,4-5H2,1H3,(H,10,11). The zero-order valence-electron chi connectivity index (χ0n) is 6.63. The highest BCUT2D eigenvalue weighted by atomic mass is 16.1. The van der Waals surface area contributed by atoms with Gasteiger partial charge in [0.2, 0.25) is 5.91 Å². The summed E-state index contributed by atoms with van der Waals surface area (Å²) in [7, 11) is 0. The quantitative estimate of drug-likeness (QED) is 0.636. The second-order valence-corrected chi connectivity index (χ2v) is 3.18. The minimum atomic E-state index is -0.135. The molecule has 0 saturated heterocycles. The molecule has 0 atom stereocenters. The Morgan fingerprint density at radius 1 is 1.73 bits per heavy atom. The van der Waals surface area contributed by atoms with Crippen molar-refractivity contribution < 1.29 is 4.79 Å². The van der Waals surface area contributed by atoms with E-state index < -0.39 is 0 Å². The number of nitrogens with one attached hydrogen (secondary N) is 1. The minimum Gasteiger partial charge on any atom is -0.352 e. The Balaban J connectivity index is 2.13. The first-order chi connectivity index (χ1) is 5.22. The summed E-state index contributed by atoms with van der Waals surface area (Å²) in [5, 5.41) is 11.0. The van der Waals surface area contributed by atoms with E-state index in [2.05, 4.69) is 12.2 Å². The van der Waals surface area contributed by atoms with E-state index in [0.29, 0.717) is 6.04 Å². The summed E-state index contributed by atoms with van der Waals surface area (Å²) in [4.78, 5) is 10.8. The summed E-state index contributed by atoms with van der Waals surface area (Å²) >= 11 is 0. The number of hydrogen-bond acceptors (Lipinski definition) is 2. The molecule has 1 saturated carbocycles. The molecule has 1 aliphatic rings. The smallest absolute Gasteiger partial charge is 0.234 e. The molecule has 0 spiro atoms. The SMILES string of the molecule is CC1CC(NC(=O)CC#N)C1. The molecule has 1 aliphatic carbocycles. The topological polar surface area (TPSA) is 52.9 Å². The molecule has 1 fully saturated rings. The lowest BCUT2D eigenvalue weighted by atomic mass is 9.82. The van der Waals surface area contributed by atoms with Crippen LogP contribution in [0.2, 0.25) is 0 Å². The Labute approximate surface area is 66.4 Å². The second-order valence-electron chi connectivity index (χ2n) is 3.18. The molecule has 1 amide bonds. The van der Waals surface area contributed by atoms with E-state index >= 15 is 0 Å². The average molecular weight is 152 g/mol. The van der Waals surface area contributed by atoms with E-state index in [4.69, 9.17) is 5.26 Å². The van der Waals surface area contributed by atoms with Gasteiger partial charge in [-0.05, 0) is 18.8 Å². The van der Waals surface area contributed by atoms with Gasteiger partial charge in [0, 0.05) is 6.04 Å². The van der Waals surface area contributed by atoms with E-state index in [0.717, 1.165) is 18.8 Å². The van der Waals surface area contributed by atoms with E-state index in [1.807, 2.05) is 6.07 Å². The number of nitriles is 1. The van der Waals surface area contributed by atoms with Crippen LogP contribution in [0.5, 0.6) is 0 Å². The van der Waals surface area contributed by atoms with Crippen LogP contribution < -0.4 is 5.32 Å². The fraction of sp³-hybridized carbons (Fsp3) is 0.750. The third-order valence-electron chi connectivity index (χ3n) is 1.98. The Hall–Kier alpha value is -1.04. The van der Waals surface area contributed by atoms with Crippen LogP contribution in [-0.4, -0.2) is 11.9 Å². The highest BCUT2D eigenvalue weighted by molar-refractivity contribution is 5.78. The summed E-state index contributed by atoms with van der Waals surface area (Å²) in [6, 6.07) is 2.16. The predicted octanol–water partition coefficient (Wildman–Crippen LogP) is 0.815. The molecule has 60 valence electrons. The molecule has 0 unspecified atom stereocenters. The van der Waals surface area contributed by atoms with Crippen LogP contribution in [0.15, 0.2) is 0 Å². The number of carbonyl (C=O) groups is 1. The summed E-state index contributed by atoms with van der Waals surface area (Å²) in [6.45, 7) is 2.16. The maximum absolute atomic E-state index is 10.8. The van der Waals surface area contributed by atoms with Gasteiger partial charge >= 0.3 is 0 Å². The molecular formula is C8H12N2O. The summed E-state index contributed by atoms with van der Waals surface area (Å²) in [5.41, 5.74) is 0. The van der Waals surface area contributed by atoms with Gasteiger partial charge in [-0.2, -0.15) is 5.26 Å². The van der Waals surface area contributed by atoms with Crippen molar-refractivity contribution in [2.24, 2.45) is 5.92 Å². The van der Waals surface area contributed by atoms with E-state index in [1.165, 1.54) is 0 Å². The number of hydrogen-bond donors (Lipinski definition) is 1. The first-order valence-electron chi connectivity index (χ1n) is 3.88. The zero-order valence-corrected chi connectivity index (χ0v) is 6.63. The van der Waals surface area contributed by atoms with Crippen LogP contribution in [0.1, 0.15) is 26.2 Å². The van der Waals surface area contributed by atoms with Crippen molar-refractivity contribution >= 4 is 5.91 Å². The lowest BCUT2D eigenvalue weighted by molar-refractivity contribution is -0.121. The number of amides is 1. The van der Waals surface area contributed by atoms with Crippen LogP contribution in [-0.2, 0) is 4.79 Å². The van der Waals surface area contributed by atoms with Gasteiger partial charge in [0.25, 0.3) is 0 Å². The maximum atomic E-state index is 10.8. The molecule has 11 heavy (non-hydrogen) atoms. The van der Waals surface area contributed by atoms with Crippen molar-refractivity contribution in [1.82, 2.24) is 5.32 Å².